The van der Waals surface area contributed by atoms with Crippen molar-refractivity contribution in [2.75, 3.05) is 18.4 Å². The van der Waals surface area contributed by atoms with E-state index in [1.807, 2.05) is 31.2 Å². The summed E-state index contributed by atoms with van der Waals surface area (Å²) in [6.45, 7) is 4.02. The Balaban J connectivity index is 0.00000243. The van der Waals surface area contributed by atoms with Crippen LogP contribution in [-0.4, -0.2) is 29.0 Å². The minimum absolute atomic E-state index is 0. The lowest BCUT2D eigenvalue weighted by atomic mass is 10.0. The van der Waals surface area contributed by atoms with E-state index in [1.54, 1.807) is 0 Å². The number of nitrogens with zero attached hydrogens (tertiary/aromatic N) is 1. The van der Waals surface area contributed by atoms with E-state index in [-0.39, 0.29) is 23.9 Å². The number of benzene rings is 1. The summed E-state index contributed by atoms with van der Waals surface area (Å²) in [6, 6.07) is 8.92. The van der Waals surface area contributed by atoms with Crippen molar-refractivity contribution in [3.8, 4) is 11.4 Å². The van der Waals surface area contributed by atoms with E-state index in [2.05, 4.69) is 20.6 Å². The van der Waals surface area contributed by atoms with Gasteiger partial charge in [0.05, 0.1) is 0 Å². The molecule has 2 heterocycles. The smallest absolute Gasteiger partial charge is 0.251 e. The molecule has 0 spiro atoms. The van der Waals surface area contributed by atoms with E-state index in [0.29, 0.717) is 24.6 Å². The number of amides is 1. The molecule has 1 fully saturated rings. The fourth-order valence-electron chi connectivity index (χ4n) is 3.09. The standard InChI is InChI=1S/C19H24N4O2.ClH/c1-2-15-11-18(25)23-19(22-15)14-4-3-5-16(10-14)21-17(24)7-6-13-8-9-20-12-13;/h3-5,10-11,13,20H,2,6-9,12H2,1H3,(H,21,24)(H,22,23,25);1H. The molecule has 1 unspecified atom stereocenters. The second kappa shape index (κ2) is 9.50. The molecule has 3 N–H and O–H groups in total. The predicted octanol–water partition coefficient (Wildman–Crippen LogP) is 2.75. The molecule has 6 nitrogen and oxygen atoms in total. The number of aryl methyl sites for hydroxylation is 1. The average Bonchev–Trinajstić information content (AvgIpc) is 3.13. The van der Waals surface area contributed by atoms with E-state index >= 15 is 0 Å². The molecule has 26 heavy (non-hydrogen) atoms. The maximum absolute atomic E-state index is 12.2. The normalized spacial score (nSPS) is 16.1. The largest absolute Gasteiger partial charge is 0.326 e. The van der Waals surface area contributed by atoms with Crippen LogP contribution in [0.2, 0.25) is 0 Å². The Morgan fingerprint density at radius 1 is 1.35 bits per heavy atom. The molecule has 3 rings (SSSR count). The molecule has 7 heteroatoms. The Morgan fingerprint density at radius 3 is 2.92 bits per heavy atom. The van der Waals surface area contributed by atoms with Crippen molar-refractivity contribution in [1.29, 1.82) is 0 Å². The lowest BCUT2D eigenvalue weighted by molar-refractivity contribution is -0.116. The number of carbonyl (C=O) groups excluding carboxylic acids is 1. The molecule has 0 bridgehead atoms. The maximum Gasteiger partial charge on any atom is 0.251 e. The molecular formula is C19H25ClN4O2. The number of anilines is 1. The number of hydrogen-bond acceptors (Lipinski definition) is 4. The van der Waals surface area contributed by atoms with Gasteiger partial charge in [-0.1, -0.05) is 19.1 Å². The zero-order valence-electron chi connectivity index (χ0n) is 14.9. The topological polar surface area (TPSA) is 86.9 Å². The number of aromatic amines is 1. The Kier molecular flexibility index (Phi) is 7.36. The highest BCUT2D eigenvalue weighted by Gasteiger charge is 2.15. The summed E-state index contributed by atoms with van der Waals surface area (Å²) < 4.78 is 0. The van der Waals surface area contributed by atoms with Crippen molar-refractivity contribution >= 4 is 24.0 Å². The van der Waals surface area contributed by atoms with Gasteiger partial charge in [-0.25, -0.2) is 4.98 Å². The Labute approximate surface area is 159 Å². The zero-order chi connectivity index (χ0) is 17.6. The van der Waals surface area contributed by atoms with Crippen LogP contribution in [0.4, 0.5) is 5.69 Å². The van der Waals surface area contributed by atoms with Crippen LogP contribution in [0.25, 0.3) is 11.4 Å². The van der Waals surface area contributed by atoms with Gasteiger partial charge in [-0.15, -0.1) is 12.4 Å². The van der Waals surface area contributed by atoms with Gasteiger partial charge in [0.25, 0.3) is 5.56 Å². The number of nitrogens with one attached hydrogen (secondary N) is 3. The van der Waals surface area contributed by atoms with E-state index in [0.717, 1.165) is 42.9 Å². The van der Waals surface area contributed by atoms with E-state index in [1.165, 1.54) is 6.07 Å². The summed E-state index contributed by atoms with van der Waals surface area (Å²) in [5.74, 6) is 1.15. The third kappa shape index (κ3) is 5.41. The fraction of sp³-hybridized carbons (Fsp3) is 0.421. The molecule has 1 aromatic carbocycles. The van der Waals surface area contributed by atoms with Gasteiger partial charge in [0.15, 0.2) is 0 Å². The number of rotatable bonds is 6. The number of aromatic nitrogens is 2. The van der Waals surface area contributed by atoms with Crippen molar-refractivity contribution in [3.63, 3.8) is 0 Å². The van der Waals surface area contributed by atoms with Gasteiger partial charge in [-0.3, -0.25) is 9.59 Å². The van der Waals surface area contributed by atoms with Crippen LogP contribution in [0, 0.1) is 5.92 Å². The van der Waals surface area contributed by atoms with Gasteiger partial charge in [0, 0.05) is 29.4 Å². The van der Waals surface area contributed by atoms with Crippen molar-refractivity contribution in [2.24, 2.45) is 5.92 Å². The number of hydrogen-bond donors (Lipinski definition) is 3. The maximum atomic E-state index is 12.2. The summed E-state index contributed by atoms with van der Waals surface area (Å²) in [5.41, 5.74) is 2.08. The van der Waals surface area contributed by atoms with Crippen molar-refractivity contribution in [2.45, 2.75) is 32.6 Å². The Hall–Kier alpha value is -2.18. The summed E-state index contributed by atoms with van der Waals surface area (Å²) in [6.07, 6.45) is 3.28. The predicted molar refractivity (Wildman–Crippen MR) is 106 cm³/mol. The molecule has 1 aliphatic heterocycles. The van der Waals surface area contributed by atoms with E-state index in [9.17, 15) is 9.59 Å². The SMILES string of the molecule is CCc1cc(=O)[nH]c(-c2cccc(NC(=O)CCC3CCNC3)c2)n1.Cl. The zero-order valence-corrected chi connectivity index (χ0v) is 15.7. The van der Waals surface area contributed by atoms with Gasteiger partial charge >= 0.3 is 0 Å². The molecule has 1 saturated heterocycles. The van der Waals surface area contributed by atoms with Gasteiger partial charge in [0.1, 0.15) is 5.82 Å². The van der Waals surface area contributed by atoms with Crippen LogP contribution in [0.1, 0.15) is 31.9 Å². The second-order valence-electron chi connectivity index (χ2n) is 6.47. The first-order chi connectivity index (χ1) is 12.1. The lowest BCUT2D eigenvalue weighted by Gasteiger charge is -2.10. The van der Waals surface area contributed by atoms with Crippen molar-refractivity contribution in [1.82, 2.24) is 15.3 Å². The molecule has 2 aromatic rings. The monoisotopic (exact) mass is 376 g/mol. The van der Waals surface area contributed by atoms with Gasteiger partial charge in [-0.05, 0) is 50.4 Å². The third-order valence-corrected chi connectivity index (χ3v) is 4.52. The van der Waals surface area contributed by atoms with E-state index < -0.39 is 0 Å². The number of carbonyl (C=O) groups is 1. The fourth-order valence-corrected chi connectivity index (χ4v) is 3.09. The molecule has 140 valence electrons. The summed E-state index contributed by atoms with van der Waals surface area (Å²) in [7, 11) is 0. The highest BCUT2D eigenvalue weighted by Crippen LogP contribution is 2.20. The quantitative estimate of drug-likeness (QED) is 0.723. The summed E-state index contributed by atoms with van der Waals surface area (Å²) in [4.78, 5) is 31.1. The number of H-pyrrole nitrogens is 1. The minimum atomic E-state index is -0.165. The van der Waals surface area contributed by atoms with Gasteiger partial charge in [-0.2, -0.15) is 0 Å². The van der Waals surface area contributed by atoms with Crippen LogP contribution < -0.4 is 16.2 Å². The molecule has 1 atom stereocenters. The van der Waals surface area contributed by atoms with Crippen molar-refractivity contribution in [3.05, 3.63) is 46.4 Å². The van der Waals surface area contributed by atoms with Crippen LogP contribution in [0.15, 0.2) is 35.1 Å². The molecule has 1 aromatic heterocycles. The van der Waals surface area contributed by atoms with Gasteiger partial charge in [0.2, 0.25) is 5.91 Å². The minimum Gasteiger partial charge on any atom is -0.326 e. The first-order valence-corrected chi connectivity index (χ1v) is 8.85. The van der Waals surface area contributed by atoms with Gasteiger partial charge < -0.3 is 15.6 Å². The average molecular weight is 377 g/mol. The third-order valence-electron chi connectivity index (χ3n) is 4.52. The second-order valence-corrected chi connectivity index (χ2v) is 6.47. The first kappa shape index (κ1) is 20.1. The highest BCUT2D eigenvalue weighted by molar-refractivity contribution is 5.91. The van der Waals surface area contributed by atoms with Crippen LogP contribution in [0.3, 0.4) is 0 Å². The highest BCUT2D eigenvalue weighted by atomic mass is 35.5. The van der Waals surface area contributed by atoms with Crippen LogP contribution in [0.5, 0.6) is 0 Å². The molecule has 1 amide bonds. The first-order valence-electron chi connectivity index (χ1n) is 8.85. The van der Waals surface area contributed by atoms with E-state index in [4.69, 9.17) is 0 Å². The summed E-state index contributed by atoms with van der Waals surface area (Å²) >= 11 is 0. The van der Waals surface area contributed by atoms with Crippen LogP contribution >= 0.6 is 12.4 Å². The molecular weight excluding hydrogens is 352 g/mol. The Bertz CT molecular complexity index is 800. The number of halogens is 1. The molecule has 0 saturated carbocycles. The lowest BCUT2D eigenvalue weighted by Crippen LogP contribution is -2.15. The van der Waals surface area contributed by atoms with Crippen LogP contribution in [-0.2, 0) is 11.2 Å². The molecule has 0 aliphatic carbocycles. The summed E-state index contributed by atoms with van der Waals surface area (Å²) in [5, 5.41) is 6.26. The Morgan fingerprint density at radius 2 is 2.19 bits per heavy atom. The van der Waals surface area contributed by atoms with Crippen molar-refractivity contribution < 1.29 is 4.79 Å². The molecule has 0 radical (unpaired) electrons. The molecule has 1 aliphatic rings.